The Hall–Kier alpha value is -3.15. The highest BCUT2D eigenvalue weighted by Gasteiger charge is 2.35. The molecular weight excluding hydrogens is 332 g/mol. The predicted molar refractivity (Wildman–Crippen MR) is 98.5 cm³/mol. The number of nitrogens with zero attached hydrogens (tertiary/aromatic N) is 1. The Kier molecular flexibility index (Phi) is 5.02. The van der Waals surface area contributed by atoms with Crippen molar-refractivity contribution in [1.29, 1.82) is 0 Å². The molecule has 1 saturated heterocycles. The summed E-state index contributed by atoms with van der Waals surface area (Å²) >= 11 is 0. The maximum atomic E-state index is 12.5. The summed E-state index contributed by atoms with van der Waals surface area (Å²) in [6, 6.07) is 13.9. The van der Waals surface area contributed by atoms with Crippen LogP contribution in [0.3, 0.4) is 0 Å². The van der Waals surface area contributed by atoms with E-state index in [-0.39, 0.29) is 24.0 Å². The van der Waals surface area contributed by atoms with E-state index in [1.807, 2.05) is 0 Å². The zero-order chi connectivity index (χ0) is 18.7. The van der Waals surface area contributed by atoms with Gasteiger partial charge in [0.2, 0.25) is 11.8 Å². The van der Waals surface area contributed by atoms with E-state index in [2.05, 4.69) is 5.32 Å². The molecule has 3 rings (SSSR count). The Morgan fingerprint density at radius 1 is 1.08 bits per heavy atom. The zero-order valence-electron chi connectivity index (χ0n) is 14.7. The van der Waals surface area contributed by atoms with Crippen molar-refractivity contribution in [3.05, 3.63) is 54.1 Å². The van der Waals surface area contributed by atoms with Crippen LogP contribution >= 0.6 is 0 Å². The van der Waals surface area contributed by atoms with Crippen molar-refractivity contribution in [3.8, 4) is 5.75 Å². The number of hydrogen-bond acceptors (Lipinski definition) is 4. The number of ether oxygens (including phenoxy) is 1. The minimum Gasteiger partial charge on any atom is -0.497 e. The number of carbonyl (C=O) groups is 3. The van der Waals surface area contributed by atoms with Gasteiger partial charge in [0, 0.05) is 29.9 Å². The molecule has 0 aliphatic carbocycles. The Bertz CT molecular complexity index is 828. The van der Waals surface area contributed by atoms with Crippen LogP contribution in [0.4, 0.5) is 11.4 Å². The van der Waals surface area contributed by atoms with E-state index in [4.69, 9.17) is 4.74 Å². The van der Waals surface area contributed by atoms with E-state index < -0.39 is 5.92 Å². The van der Waals surface area contributed by atoms with Crippen molar-refractivity contribution in [3.63, 3.8) is 0 Å². The fourth-order valence-corrected chi connectivity index (χ4v) is 2.93. The summed E-state index contributed by atoms with van der Waals surface area (Å²) in [5.74, 6) is -0.0210. The van der Waals surface area contributed by atoms with Gasteiger partial charge >= 0.3 is 0 Å². The molecule has 0 spiro atoms. The fourth-order valence-electron chi connectivity index (χ4n) is 2.93. The molecule has 6 heteroatoms. The molecular formula is C20H20N2O4. The third-order valence-electron chi connectivity index (χ3n) is 4.44. The highest BCUT2D eigenvalue weighted by atomic mass is 16.5. The summed E-state index contributed by atoms with van der Waals surface area (Å²) in [5.41, 5.74) is 1.94. The summed E-state index contributed by atoms with van der Waals surface area (Å²) in [6.45, 7) is 1.83. The van der Waals surface area contributed by atoms with Crippen LogP contribution in [0.25, 0.3) is 0 Å². The van der Waals surface area contributed by atoms with Crippen LogP contribution < -0.4 is 15.0 Å². The van der Waals surface area contributed by atoms with E-state index in [0.29, 0.717) is 23.5 Å². The molecule has 0 unspecified atom stereocenters. The third-order valence-corrected chi connectivity index (χ3v) is 4.44. The molecule has 1 N–H and O–H groups in total. The summed E-state index contributed by atoms with van der Waals surface area (Å²) in [5, 5.41) is 2.81. The van der Waals surface area contributed by atoms with Gasteiger partial charge in [-0.3, -0.25) is 14.4 Å². The van der Waals surface area contributed by atoms with Crippen LogP contribution in [0.1, 0.15) is 23.7 Å². The lowest BCUT2D eigenvalue weighted by molar-refractivity contribution is -0.122. The highest BCUT2D eigenvalue weighted by molar-refractivity contribution is 6.03. The quantitative estimate of drug-likeness (QED) is 0.840. The van der Waals surface area contributed by atoms with Gasteiger partial charge in [0.15, 0.2) is 5.78 Å². The Morgan fingerprint density at radius 2 is 1.73 bits per heavy atom. The second kappa shape index (κ2) is 7.39. The first-order valence-corrected chi connectivity index (χ1v) is 8.34. The molecule has 1 fully saturated rings. The van der Waals surface area contributed by atoms with Crippen LogP contribution in [0.2, 0.25) is 0 Å². The van der Waals surface area contributed by atoms with Gasteiger partial charge in [0.05, 0.1) is 13.0 Å². The molecule has 134 valence electrons. The number of amides is 2. The number of rotatable bonds is 5. The second-order valence-corrected chi connectivity index (χ2v) is 6.23. The first-order chi connectivity index (χ1) is 12.5. The third kappa shape index (κ3) is 3.74. The molecule has 0 aromatic heterocycles. The number of carbonyl (C=O) groups excluding carboxylic acids is 3. The van der Waals surface area contributed by atoms with Crippen LogP contribution in [-0.2, 0) is 9.59 Å². The number of hydrogen-bond donors (Lipinski definition) is 1. The van der Waals surface area contributed by atoms with Crippen LogP contribution in [0.15, 0.2) is 48.5 Å². The maximum absolute atomic E-state index is 12.5. The van der Waals surface area contributed by atoms with Gasteiger partial charge in [-0.15, -0.1) is 0 Å². The number of benzene rings is 2. The molecule has 2 aromatic carbocycles. The van der Waals surface area contributed by atoms with Gasteiger partial charge in [-0.1, -0.05) is 0 Å². The number of Topliss-reactive ketones (excluding diaryl/α,β-unsaturated/α-hetero) is 1. The van der Waals surface area contributed by atoms with E-state index in [9.17, 15) is 14.4 Å². The Labute approximate surface area is 151 Å². The average molecular weight is 352 g/mol. The number of nitrogens with one attached hydrogen (secondary N) is 1. The summed E-state index contributed by atoms with van der Waals surface area (Å²) < 4.78 is 5.12. The van der Waals surface area contributed by atoms with Gasteiger partial charge in [-0.2, -0.15) is 0 Å². The van der Waals surface area contributed by atoms with Crippen molar-refractivity contribution >= 4 is 29.0 Å². The topological polar surface area (TPSA) is 75.7 Å². The standard InChI is InChI=1S/C20H20N2O4/c1-13(23)14-3-5-16(6-4-14)21-20(25)15-11-19(24)22(12-15)17-7-9-18(26-2)10-8-17/h3-10,15H,11-12H2,1-2H3,(H,21,25)/t15-/m0/s1. The molecule has 0 radical (unpaired) electrons. The highest BCUT2D eigenvalue weighted by Crippen LogP contribution is 2.27. The van der Waals surface area contributed by atoms with Crippen molar-refractivity contribution < 1.29 is 19.1 Å². The van der Waals surface area contributed by atoms with Gasteiger partial charge in [-0.05, 0) is 55.5 Å². The Morgan fingerprint density at radius 3 is 2.31 bits per heavy atom. The molecule has 2 amide bonds. The molecule has 1 atom stereocenters. The Balaban J connectivity index is 1.65. The normalized spacial score (nSPS) is 16.5. The van der Waals surface area contributed by atoms with Crippen LogP contribution in [0, 0.1) is 5.92 Å². The summed E-state index contributed by atoms with van der Waals surface area (Å²) in [6.07, 6.45) is 0.170. The number of ketones is 1. The lowest BCUT2D eigenvalue weighted by atomic mass is 10.1. The lowest BCUT2D eigenvalue weighted by Gasteiger charge is -2.17. The SMILES string of the molecule is COc1ccc(N2C[C@@H](C(=O)Nc3ccc(C(C)=O)cc3)CC2=O)cc1. The molecule has 2 aromatic rings. The van der Waals surface area contributed by atoms with Crippen molar-refractivity contribution in [2.24, 2.45) is 5.92 Å². The number of anilines is 2. The molecule has 1 aliphatic heterocycles. The smallest absolute Gasteiger partial charge is 0.229 e. The van der Waals surface area contributed by atoms with Gasteiger partial charge in [0.1, 0.15) is 5.75 Å². The van der Waals surface area contributed by atoms with E-state index >= 15 is 0 Å². The van der Waals surface area contributed by atoms with E-state index in [1.165, 1.54) is 6.92 Å². The molecule has 0 saturated carbocycles. The van der Waals surface area contributed by atoms with Crippen LogP contribution in [0.5, 0.6) is 5.75 Å². The van der Waals surface area contributed by atoms with Crippen molar-refractivity contribution in [2.45, 2.75) is 13.3 Å². The molecule has 1 aliphatic rings. The lowest BCUT2D eigenvalue weighted by Crippen LogP contribution is -2.28. The van der Waals surface area contributed by atoms with Gasteiger partial charge in [-0.25, -0.2) is 0 Å². The second-order valence-electron chi connectivity index (χ2n) is 6.23. The first kappa shape index (κ1) is 17.7. The van der Waals surface area contributed by atoms with Gasteiger partial charge in [0.25, 0.3) is 0 Å². The van der Waals surface area contributed by atoms with Gasteiger partial charge < -0.3 is 15.0 Å². The van der Waals surface area contributed by atoms with Crippen LogP contribution in [-0.4, -0.2) is 31.3 Å². The molecule has 6 nitrogen and oxygen atoms in total. The largest absolute Gasteiger partial charge is 0.497 e. The summed E-state index contributed by atoms with van der Waals surface area (Å²) in [7, 11) is 1.58. The first-order valence-electron chi connectivity index (χ1n) is 8.34. The minimum absolute atomic E-state index is 0.0283. The van der Waals surface area contributed by atoms with Crippen molar-refractivity contribution in [2.75, 3.05) is 23.9 Å². The summed E-state index contributed by atoms with van der Waals surface area (Å²) in [4.78, 5) is 37.7. The minimum atomic E-state index is -0.419. The fraction of sp³-hybridized carbons (Fsp3) is 0.250. The van der Waals surface area contributed by atoms with Crippen molar-refractivity contribution in [1.82, 2.24) is 0 Å². The zero-order valence-corrected chi connectivity index (χ0v) is 14.7. The van der Waals surface area contributed by atoms with E-state index in [0.717, 1.165) is 5.69 Å². The monoisotopic (exact) mass is 352 g/mol. The van der Waals surface area contributed by atoms with E-state index in [1.54, 1.807) is 60.5 Å². The number of methoxy groups -OCH3 is 1. The molecule has 0 bridgehead atoms. The average Bonchev–Trinajstić information content (AvgIpc) is 3.04. The molecule has 1 heterocycles. The molecule has 26 heavy (non-hydrogen) atoms. The maximum Gasteiger partial charge on any atom is 0.229 e. The predicted octanol–water partition coefficient (Wildman–Crippen LogP) is 2.89.